The number of nitrogens with zero attached hydrogens (tertiary/aromatic N) is 1. The van der Waals surface area contributed by atoms with Gasteiger partial charge in [0.05, 0.1) is 0 Å². The van der Waals surface area contributed by atoms with E-state index in [9.17, 15) is 0 Å². The second kappa shape index (κ2) is 21.1. The van der Waals surface area contributed by atoms with Crippen molar-refractivity contribution in [2.75, 3.05) is 13.1 Å². The van der Waals surface area contributed by atoms with Crippen LogP contribution < -0.4 is 0 Å². The van der Waals surface area contributed by atoms with Gasteiger partial charge in [0.2, 0.25) is 0 Å². The molecule has 33 heavy (non-hydrogen) atoms. The van der Waals surface area contributed by atoms with E-state index < -0.39 is 0 Å². The van der Waals surface area contributed by atoms with E-state index in [1.165, 1.54) is 22.4 Å². The summed E-state index contributed by atoms with van der Waals surface area (Å²) in [5.74, 6) is 0. The third kappa shape index (κ3) is 7.65. The van der Waals surface area contributed by atoms with Crippen LogP contribution in [0.15, 0.2) is 71.9 Å². The van der Waals surface area contributed by atoms with Gasteiger partial charge in [-0.25, -0.2) is 0 Å². The summed E-state index contributed by atoms with van der Waals surface area (Å²) in [6.45, 7) is 31.4. The third-order valence-electron chi connectivity index (χ3n) is 4.88. The molecule has 3 rings (SSSR count). The molecule has 0 N–H and O–H groups in total. The van der Waals surface area contributed by atoms with Crippen LogP contribution in [-0.2, 0) is 48.0 Å². The Labute approximate surface area is 206 Å². The first-order valence-electron chi connectivity index (χ1n) is 9.32. The van der Waals surface area contributed by atoms with E-state index in [0.29, 0.717) is 0 Å². The van der Waals surface area contributed by atoms with E-state index in [-0.39, 0.29) is 5.41 Å². The predicted octanol–water partition coefficient (Wildman–Crippen LogP) is 4.13. The predicted molar refractivity (Wildman–Crippen MR) is 114 cm³/mol. The van der Waals surface area contributed by atoms with Crippen LogP contribution in [0.4, 0.5) is 0 Å². The van der Waals surface area contributed by atoms with Gasteiger partial charge in [0, 0.05) is 0 Å². The van der Waals surface area contributed by atoms with Gasteiger partial charge in [-0.1, -0.05) is 0 Å². The van der Waals surface area contributed by atoms with E-state index >= 15 is 0 Å². The van der Waals surface area contributed by atoms with E-state index in [2.05, 4.69) is 120 Å². The molecule has 0 amide bonds. The number of hydrogen-bond donors (Lipinski definition) is 0. The molecule has 0 saturated heterocycles. The van der Waals surface area contributed by atoms with Crippen LogP contribution in [0.1, 0.15) is 31.9 Å². The van der Waals surface area contributed by atoms with E-state index in [4.69, 9.17) is 23.3 Å². The number of rotatable bonds is 5. The van der Waals surface area contributed by atoms with Crippen molar-refractivity contribution in [1.82, 2.24) is 4.90 Å². The molecule has 6 nitrogen and oxygen atoms in total. The van der Waals surface area contributed by atoms with Gasteiger partial charge >= 0.3 is 207 Å². The van der Waals surface area contributed by atoms with Crippen LogP contribution in [-0.4, -0.2) is 21.9 Å². The van der Waals surface area contributed by atoms with Crippen LogP contribution in [0, 0.1) is 33.3 Å². The van der Waals surface area contributed by atoms with Gasteiger partial charge in [0.25, 0.3) is 0 Å². The van der Waals surface area contributed by atoms with E-state index in [0.717, 1.165) is 13.1 Å². The molecule has 0 heterocycles. The summed E-state index contributed by atoms with van der Waals surface area (Å²) in [5.41, 5.74) is 5.70. The molecule has 1 aliphatic carbocycles. The second-order valence-electron chi connectivity index (χ2n) is 5.96. The van der Waals surface area contributed by atoms with Crippen molar-refractivity contribution < 1.29 is 42.6 Å². The molecule has 0 aliphatic heterocycles. The molecule has 0 saturated carbocycles. The average Bonchev–Trinajstić information content (AvgIpc) is 2.95. The van der Waals surface area contributed by atoms with Gasteiger partial charge in [0.1, 0.15) is 0 Å². The maximum absolute atomic E-state index is 7.50. The molecule has 0 radical (unpaired) electrons. The number of likely N-dealkylation sites (N-methyl/N-ethyl adjacent to an activating group) is 1. The van der Waals surface area contributed by atoms with Crippen molar-refractivity contribution in [3.63, 3.8) is 0 Å². The first-order valence-corrected chi connectivity index (χ1v) is 10.8. The van der Waals surface area contributed by atoms with Crippen LogP contribution in [0.5, 0.6) is 0 Å². The fourth-order valence-corrected chi connectivity index (χ4v) is 5.35. The van der Waals surface area contributed by atoms with Crippen molar-refractivity contribution in [3.8, 4) is 0 Å². The van der Waals surface area contributed by atoms with Gasteiger partial charge in [-0.15, -0.1) is 0 Å². The first kappa shape index (κ1) is 34.8. The standard InChI is InChI=1S/C21H23N.5CO.W/c1-4-22(5-2)20-17(3)16-21(20,18-12-8-6-9-13-18)19-14-10-7-11-15-19;5*1-2;/h6-15H,4-5H2,1-3H3;;;;;;. The quantitative estimate of drug-likeness (QED) is 0.368. The zero-order chi connectivity index (χ0) is 26.4. The summed E-state index contributed by atoms with van der Waals surface area (Å²) < 4.78 is 39.1. The zero-order valence-corrected chi connectivity index (χ0v) is 21.5. The van der Waals surface area contributed by atoms with Crippen molar-refractivity contribution in [1.29, 1.82) is 0 Å². The number of allylic oxidation sites excluding steroid dienone is 2. The molecular weight excluding hydrogens is 590 g/mol. The summed E-state index contributed by atoms with van der Waals surface area (Å²) >= 11 is 1.57. The third-order valence-corrected chi connectivity index (χ3v) is 7.08. The molecule has 7 heteroatoms. The topological polar surface area (TPSA) is 103 Å². The Kier molecular flexibility index (Phi) is 22.3. The van der Waals surface area contributed by atoms with Gasteiger partial charge in [0.15, 0.2) is 0 Å². The van der Waals surface area contributed by atoms with Gasteiger partial charge in [-0.05, 0) is 0 Å². The minimum atomic E-state index is -0.0616. The molecule has 2 aromatic rings. The Bertz CT molecular complexity index is 879. The summed E-state index contributed by atoms with van der Waals surface area (Å²) in [6.07, 6.45) is 0. The molecule has 0 spiro atoms. The second-order valence-corrected chi connectivity index (χ2v) is 7.42. The van der Waals surface area contributed by atoms with Crippen molar-refractivity contribution in [2.24, 2.45) is 0 Å². The van der Waals surface area contributed by atoms with Crippen molar-refractivity contribution in [2.45, 2.75) is 26.2 Å². The van der Waals surface area contributed by atoms with Crippen LogP contribution in [0.3, 0.4) is 0 Å². The monoisotopic (exact) mass is 613 g/mol. The Morgan fingerprint density at radius 1 is 0.667 bits per heavy atom. The van der Waals surface area contributed by atoms with E-state index in [1.54, 1.807) is 23.3 Å². The summed E-state index contributed by atoms with van der Waals surface area (Å²) in [4.78, 5) is 2.53. The molecular formula is C26H23NO5W. The molecule has 0 fully saturated rings. The SMILES string of the molecule is CCN(CC)C1=C(C)[C](=[W])C1(c1ccccc1)c1ccccc1.[C-]#[O+].[C-]#[O+].[C-]#[O+].[C-]#[O+].[C-]#[O+]. The molecule has 0 aromatic heterocycles. The molecule has 2 aromatic carbocycles. The average molecular weight is 613 g/mol. The summed E-state index contributed by atoms with van der Waals surface area (Å²) in [5, 5.41) is 0. The molecule has 0 bridgehead atoms. The van der Waals surface area contributed by atoms with Gasteiger partial charge in [-0.2, -0.15) is 0 Å². The van der Waals surface area contributed by atoms with E-state index in [1.807, 2.05) is 0 Å². The molecule has 0 unspecified atom stereocenters. The maximum atomic E-state index is 7.50. The normalized spacial score (nSPS) is 11.6. The fourth-order valence-electron chi connectivity index (χ4n) is 3.81. The Morgan fingerprint density at radius 3 is 1.24 bits per heavy atom. The molecule has 1 aliphatic rings. The zero-order valence-electron chi connectivity index (χ0n) is 18.6. The van der Waals surface area contributed by atoms with Crippen LogP contribution in [0.25, 0.3) is 0 Å². The number of hydrogen-bond acceptors (Lipinski definition) is 1. The first-order chi connectivity index (χ1) is 16.2. The molecule has 168 valence electrons. The van der Waals surface area contributed by atoms with Gasteiger partial charge < -0.3 is 0 Å². The Hall–Kier alpha value is -2.76. The fraction of sp³-hybridized carbons (Fsp3) is 0.231. The van der Waals surface area contributed by atoms with Crippen molar-refractivity contribution >= 4 is 3.90 Å². The summed E-state index contributed by atoms with van der Waals surface area (Å²) in [7, 11) is 0. The van der Waals surface area contributed by atoms with Crippen LogP contribution >= 0.6 is 0 Å². The summed E-state index contributed by atoms with van der Waals surface area (Å²) in [6, 6.07) is 22.0. The number of benzene rings is 2. The van der Waals surface area contributed by atoms with Gasteiger partial charge in [-0.3, -0.25) is 0 Å². The molecule has 0 atom stereocenters. The van der Waals surface area contributed by atoms with Crippen molar-refractivity contribution in [3.05, 3.63) is 116 Å². The minimum absolute atomic E-state index is 0.0616. The Balaban J connectivity index is -0.000000798. The Morgan fingerprint density at radius 2 is 0.970 bits per heavy atom. The van der Waals surface area contributed by atoms with Crippen LogP contribution in [0.2, 0.25) is 0 Å².